The number of aromatic nitrogens is 2. The molecular formula is C11H14N2OS. The SMILES string of the molecule is COCCCn1ccnc1-c1cccs1. The van der Waals surface area contributed by atoms with Gasteiger partial charge >= 0.3 is 0 Å². The van der Waals surface area contributed by atoms with Crippen molar-refractivity contribution in [2.24, 2.45) is 0 Å². The molecular weight excluding hydrogens is 208 g/mol. The molecule has 4 heteroatoms. The highest BCUT2D eigenvalue weighted by Gasteiger charge is 2.05. The largest absolute Gasteiger partial charge is 0.385 e. The number of hydrogen-bond donors (Lipinski definition) is 0. The van der Waals surface area contributed by atoms with Crippen molar-refractivity contribution < 1.29 is 4.74 Å². The Bertz CT molecular complexity index is 394. The molecule has 0 atom stereocenters. The van der Waals surface area contributed by atoms with E-state index in [1.807, 2.05) is 18.5 Å². The van der Waals surface area contributed by atoms with Gasteiger partial charge in [0.1, 0.15) is 5.82 Å². The standard InChI is InChI=1S/C11H14N2OS/c1-14-8-3-6-13-7-5-12-11(13)10-4-2-9-15-10/h2,4-5,7,9H,3,6,8H2,1H3. The molecule has 2 aromatic heterocycles. The van der Waals surface area contributed by atoms with Crippen LogP contribution in [0.2, 0.25) is 0 Å². The van der Waals surface area contributed by atoms with Gasteiger partial charge in [0, 0.05) is 32.7 Å². The number of hydrogen-bond acceptors (Lipinski definition) is 3. The number of ether oxygens (including phenoxy) is 1. The lowest BCUT2D eigenvalue weighted by Crippen LogP contribution is -2.01. The molecule has 0 radical (unpaired) electrons. The first-order valence-electron chi connectivity index (χ1n) is 4.96. The zero-order valence-corrected chi connectivity index (χ0v) is 9.54. The first-order chi connectivity index (χ1) is 7.42. The van der Waals surface area contributed by atoms with Crippen molar-refractivity contribution >= 4 is 11.3 Å². The zero-order valence-electron chi connectivity index (χ0n) is 8.72. The van der Waals surface area contributed by atoms with Gasteiger partial charge in [-0.1, -0.05) is 6.07 Å². The van der Waals surface area contributed by atoms with Crippen LogP contribution in [0.5, 0.6) is 0 Å². The molecule has 0 amide bonds. The summed E-state index contributed by atoms with van der Waals surface area (Å²) >= 11 is 1.72. The molecule has 2 aromatic rings. The molecule has 80 valence electrons. The van der Waals surface area contributed by atoms with E-state index >= 15 is 0 Å². The summed E-state index contributed by atoms with van der Waals surface area (Å²) in [5, 5.41) is 2.07. The maximum Gasteiger partial charge on any atom is 0.149 e. The van der Waals surface area contributed by atoms with E-state index in [4.69, 9.17) is 4.74 Å². The van der Waals surface area contributed by atoms with E-state index in [9.17, 15) is 0 Å². The van der Waals surface area contributed by atoms with Gasteiger partial charge in [0.25, 0.3) is 0 Å². The maximum atomic E-state index is 5.04. The van der Waals surface area contributed by atoms with Gasteiger partial charge < -0.3 is 9.30 Å². The summed E-state index contributed by atoms with van der Waals surface area (Å²) in [4.78, 5) is 5.59. The van der Waals surface area contributed by atoms with Crippen LogP contribution < -0.4 is 0 Å². The predicted molar refractivity (Wildman–Crippen MR) is 62.0 cm³/mol. The van der Waals surface area contributed by atoms with Crippen LogP contribution in [0.1, 0.15) is 6.42 Å². The lowest BCUT2D eigenvalue weighted by Gasteiger charge is -2.05. The number of imidazole rings is 1. The summed E-state index contributed by atoms with van der Waals surface area (Å²) < 4.78 is 7.21. The Morgan fingerprint density at radius 2 is 2.47 bits per heavy atom. The third kappa shape index (κ3) is 2.46. The monoisotopic (exact) mass is 222 g/mol. The Morgan fingerprint density at radius 3 is 3.20 bits per heavy atom. The van der Waals surface area contributed by atoms with Gasteiger partial charge in [-0.3, -0.25) is 0 Å². The van der Waals surface area contributed by atoms with E-state index < -0.39 is 0 Å². The quantitative estimate of drug-likeness (QED) is 0.727. The Labute approximate surface area is 93.3 Å². The highest BCUT2D eigenvalue weighted by Crippen LogP contribution is 2.22. The smallest absolute Gasteiger partial charge is 0.149 e. The minimum Gasteiger partial charge on any atom is -0.385 e. The second-order valence-electron chi connectivity index (χ2n) is 3.27. The van der Waals surface area contributed by atoms with Gasteiger partial charge in [-0.05, 0) is 17.9 Å². The number of nitrogens with zero attached hydrogens (tertiary/aromatic N) is 2. The topological polar surface area (TPSA) is 27.1 Å². The van der Waals surface area contributed by atoms with Gasteiger partial charge in [0.15, 0.2) is 0 Å². The minimum absolute atomic E-state index is 0.794. The van der Waals surface area contributed by atoms with E-state index in [-0.39, 0.29) is 0 Å². The van der Waals surface area contributed by atoms with Crippen LogP contribution in [-0.2, 0) is 11.3 Å². The first-order valence-corrected chi connectivity index (χ1v) is 5.83. The summed E-state index contributed by atoms with van der Waals surface area (Å²) in [6.45, 7) is 1.75. The molecule has 0 fully saturated rings. The van der Waals surface area contributed by atoms with Crippen LogP contribution in [0.15, 0.2) is 29.9 Å². The highest BCUT2D eigenvalue weighted by atomic mass is 32.1. The fraction of sp³-hybridized carbons (Fsp3) is 0.364. The number of thiophene rings is 1. The number of rotatable bonds is 5. The first kappa shape index (κ1) is 10.4. The fourth-order valence-corrected chi connectivity index (χ4v) is 2.24. The van der Waals surface area contributed by atoms with Crippen LogP contribution in [0.3, 0.4) is 0 Å². The molecule has 0 unspecified atom stereocenters. The number of aryl methyl sites for hydroxylation is 1. The zero-order chi connectivity index (χ0) is 10.5. The predicted octanol–water partition coefficient (Wildman–Crippen LogP) is 2.65. The lowest BCUT2D eigenvalue weighted by molar-refractivity contribution is 0.190. The fourth-order valence-electron chi connectivity index (χ4n) is 1.50. The molecule has 0 aliphatic carbocycles. The second-order valence-corrected chi connectivity index (χ2v) is 4.22. The Hall–Kier alpha value is -1.13. The van der Waals surface area contributed by atoms with Gasteiger partial charge in [-0.15, -0.1) is 11.3 Å². The van der Waals surface area contributed by atoms with Crippen molar-refractivity contribution in [2.75, 3.05) is 13.7 Å². The number of methoxy groups -OCH3 is 1. The highest BCUT2D eigenvalue weighted by molar-refractivity contribution is 7.13. The van der Waals surface area contributed by atoms with Crippen LogP contribution >= 0.6 is 11.3 Å². The van der Waals surface area contributed by atoms with Gasteiger partial charge in [0.2, 0.25) is 0 Å². The Kier molecular flexibility index (Phi) is 3.53. The third-order valence-corrected chi connectivity index (χ3v) is 3.07. The molecule has 0 saturated heterocycles. The van der Waals surface area contributed by atoms with Crippen LogP contribution in [-0.4, -0.2) is 23.3 Å². The van der Waals surface area contributed by atoms with Gasteiger partial charge in [-0.2, -0.15) is 0 Å². The summed E-state index contributed by atoms with van der Waals surface area (Å²) in [7, 11) is 1.73. The average Bonchev–Trinajstić information content (AvgIpc) is 2.87. The van der Waals surface area contributed by atoms with Crippen LogP contribution in [0, 0.1) is 0 Å². The van der Waals surface area contributed by atoms with E-state index in [0.29, 0.717) is 0 Å². The maximum absolute atomic E-state index is 5.04. The summed E-state index contributed by atoms with van der Waals surface area (Å²) in [5.74, 6) is 1.06. The molecule has 0 N–H and O–H groups in total. The van der Waals surface area contributed by atoms with E-state index in [1.54, 1.807) is 18.4 Å². The molecule has 0 spiro atoms. The molecule has 15 heavy (non-hydrogen) atoms. The second kappa shape index (κ2) is 5.09. The molecule has 0 aliphatic heterocycles. The van der Waals surface area contributed by atoms with Crippen molar-refractivity contribution in [1.29, 1.82) is 0 Å². The van der Waals surface area contributed by atoms with Crippen molar-refractivity contribution in [2.45, 2.75) is 13.0 Å². The van der Waals surface area contributed by atoms with E-state index in [2.05, 4.69) is 21.0 Å². The van der Waals surface area contributed by atoms with Crippen LogP contribution in [0.25, 0.3) is 10.7 Å². The summed E-state index contributed by atoms with van der Waals surface area (Å²) in [6, 6.07) is 4.15. The van der Waals surface area contributed by atoms with Crippen LogP contribution in [0.4, 0.5) is 0 Å². The summed E-state index contributed by atoms with van der Waals surface area (Å²) in [6.07, 6.45) is 4.89. The lowest BCUT2D eigenvalue weighted by atomic mass is 10.4. The molecule has 0 aliphatic rings. The van der Waals surface area contributed by atoms with Gasteiger partial charge in [0.05, 0.1) is 4.88 Å². The van der Waals surface area contributed by atoms with Crippen molar-refractivity contribution in [3.63, 3.8) is 0 Å². The Balaban J connectivity index is 2.09. The molecule has 2 heterocycles. The van der Waals surface area contributed by atoms with E-state index in [1.165, 1.54) is 4.88 Å². The minimum atomic E-state index is 0.794. The molecule has 3 nitrogen and oxygen atoms in total. The average molecular weight is 222 g/mol. The molecule has 2 rings (SSSR count). The van der Waals surface area contributed by atoms with Crippen molar-refractivity contribution in [3.05, 3.63) is 29.9 Å². The Morgan fingerprint density at radius 1 is 1.53 bits per heavy atom. The summed E-state index contributed by atoms with van der Waals surface area (Å²) in [5.41, 5.74) is 0. The van der Waals surface area contributed by atoms with Gasteiger partial charge in [-0.25, -0.2) is 4.98 Å². The normalized spacial score (nSPS) is 10.7. The van der Waals surface area contributed by atoms with Crippen molar-refractivity contribution in [3.8, 4) is 10.7 Å². The molecule has 0 saturated carbocycles. The van der Waals surface area contributed by atoms with Crippen molar-refractivity contribution in [1.82, 2.24) is 9.55 Å². The molecule has 0 bridgehead atoms. The van der Waals surface area contributed by atoms with E-state index in [0.717, 1.165) is 25.4 Å². The third-order valence-electron chi connectivity index (χ3n) is 2.20. The molecule has 0 aromatic carbocycles.